The highest BCUT2D eigenvalue weighted by Crippen LogP contribution is 2.28. The maximum Gasteiger partial charge on any atom is 0.201 e. The van der Waals surface area contributed by atoms with Gasteiger partial charge >= 0.3 is 0 Å². The highest BCUT2D eigenvalue weighted by molar-refractivity contribution is 6.31. The molecule has 1 atom stereocenters. The average Bonchev–Trinajstić information content (AvgIpc) is 2.75. The minimum Gasteiger partial charge on any atom is -0.369 e. The Hall–Kier alpha value is -2.07. The third-order valence-electron chi connectivity index (χ3n) is 3.57. The number of hydrogen-bond donors (Lipinski definition) is 1. The molecule has 3 aromatic rings. The van der Waals surface area contributed by atoms with Gasteiger partial charge in [-0.1, -0.05) is 41.9 Å². The highest BCUT2D eigenvalue weighted by Gasteiger charge is 2.16. The molecule has 0 bridgehead atoms. The maximum atomic E-state index is 13.5. The van der Waals surface area contributed by atoms with Crippen LogP contribution in [0.15, 0.2) is 42.5 Å². The molecule has 108 valence electrons. The van der Waals surface area contributed by atoms with E-state index in [-0.39, 0.29) is 11.1 Å². The van der Waals surface area contributed by atoms with Crippen LogP contribution in [-0.2, 0) is 6.42 Å². The van der Waals surface area contributed by atoms with Crippen molar-refractivity contribution in [2.75, 3.05) is 5.73 Å². The van der Waals surface area contributed by atoms with Gasteiger partial charge in [0.25, 0.3) is 0 Å². The molecule has 21 heavy (non-hydrogen) atoms. The van der Waals surface area contributed by atoms with Crippen molar-refractivity contribution in [2.45, 2.75) is 19.4 Å². The predicted molar refractivity (Wildman–Crippen MR) is 84.0 cm³/mol. The Morgan fingerprint density at radius 2 is 2.00 bits per heavy atom. The van der Waals surface area contributed by atoms with Crippen molar-refractivity contribution in [2.24, 2.45) is 0 Å². The van der Waals surface area contributed by atoms with E-state index in [1.54, 1.807) is 6.07 Å². The molecule has 0 aliphatic heterocycles. The number of benzene rings is 2. The SMILES string of the molecule is CC(Cc1ccccc1)n1c(N)nc2cc(F)c(Cl)cc21. The number of hydrogen-bond acceptors (Lipinski definition) is 2. The van der Waals surface area contributed by atoms with Gasteiger partial charge in [-0.3, -0.25) is 0 Å². The monoisotopic (exact) mass is 303 g/mol. The molecule has 2 N–H and O–H groups in total. The summed E-state index contributed by atoms with van der Waals surface area (Å²) in [6.07, 6.45) is 0.811. The Labute approximate surface area is 127 Å². The zero-order valence-corrected chi connectivity index (χ0v) is 12.3. The first-order valence-electron chi connectivity index (χ1n) is 6.72. The standard InChI is InChI=1S/C16H15ClFN3/c1-10(7-11-5-3-2-4-6-11)21-15-8-12(17)13(18)9-14(15)20-16(21)19/h2-6,8-10H,7H2,1H3,(H2,19,20). The van der Waals surface area contributed by atoms with Crippen LogP contribution in [0.3, 0.4) is 0 Å². The molecule has 0 spiro atoms. The molecule has 0 amide bonds. The van der Waals surface area contributed by atoms with Crippen LogP contribution in [0.4, 0.5) is 10.3 Å². The van der Waals surface area contributed by atoms with Crippen LogP contribution in [0, 0.1) is 5.82 Å². The number of nitrogen functional groups attached to an aromatic ring is 1. The summed E-state index contributed by atoms with van der Waals surface area (Å²) in [6.45, 7) is 2.06. The molecule has 1 aromatic heterocycles. The lowest BCUT2D eigenvalue weighted by Gasteiger charge is -2.16. The van der Waals surface area contributed by atoms with Crippen LogP contribution in [0.25, 0.3) is 11.0 Å². The summed E-state index contributed by atoms with van der Waals surface area (Å²) in [5, 5.41) is 0.0792. The van der Waals surface area contributed by atoms with E-state index < -0.39 is 5.82 Å². The second kappa shape index (κ2) is 5.37. The van der Waals surface area contributed by atoms with Crippen molar-refractivity contribution < 1.29 is 4.39 Å². The van der Waals surface area contributed by atoms with Gasteiger partial charge in [-0.2, -0.15) is 0 Å². The first kappa shape index (κ1) is 13.9. The molecule has 0 aliphatic carbocycles. The number of imidazole rings is 1. The van der Waals surface area contributed by atoms with Crippen LogP contribution in [-0.4, -0.2) is 9.55 Å². The van der Waals surface area contributed by atoms with Gasteiger partial charge in [-0.25, -0.2) is 9.37 Å². The second-order valence-electron chi connectivity index (χ2n) is 5.13. The zero-order chi connectivity index (χ0) is 15.0. The molecule has 1 heterocycles. The van der Waals surface area contributed by atoms with Crippen LogP contribution >= 0.6 is 11.6 Å². The average molecular weight is 304 g/mol. The Kier molecular flexibility index (Phi) is 3.55. The Morgan fingerprint density at radius 3 is 2.71 bits per heavy atom. The van der Waals surface area contributed by atoms with Gasteiger partial charge in [0, 0.05) is 12.1 Å². The van der Waals surface area contributed by atoms with E-state index in [0.717, 1.165) is 11.9 Å². The van der Waals surface area contributed by atoms with Crippen LogP contribution in [0.1, 0.15) is 18.5 Å². The summed E-state index contributed by atoms with van der Waals surface area (Å²) in [6, 6.07) is 13.1. The summed E-state index contributed by atoms with van der Waals surface area (Å²) in [5.74, 6) is -0.111. The number of aromatic nitrogens is 2. The fraction of sp³-hybridized carbons (Fsp3) is 0.188. The Balaban J connectivity index is 2.03. The topological polar surface area (TPSA) is 43.8 Å². The van der Waals surface area contributed by atoms with Crippen molar-refractivity contribution in [3.8, 4) is 0 Å². The van der Waals surface area contributed by atoms with Crippen molar-refractivity contribution in [3.63, 3.8) is 0 Å². The quantitative estimate of drug-likeness (QED) is 0.787. The lowest BCUT2D eigenvalue weighted by Crippen LogP contribution is -2.11. The first-order chi connectivity index (χ1) is 10.1. The van der Waals surface area contributed by atoms with Gasteiger partial charge in [0.2, 0.25) is 5.95 Å². The molecule has 3 rings (SSSR count). The lowest BCUT2D eigenvalue weighted by molar-refractivity contribution is 0.566. The van der Waals surface area contributed by atoms with Gasteiger partial charge in [-0.05, 0) is 25.0 Å². The number of nitrogens with two attached hydrogens (primary N) is 1. The van der Waals surface area contributed by atoms with Crippen molar-refractivity contribution in [3.05, 3.63) is 58.9 Å². The van der Waals surface area contributed by atoms with Crippen LogP contribution in [0.5, 0.6) is 0 Å². The van der Waals surface area contributed by atoms with Gasteiger partial charge in [0.05, 0.1) is 16.1 Å². The molecular formula is C16H15ClFN3. The number of nitrogens with zero attached hydrogens (tertiary/aromatic N) is 2. The summed E-state index contributed by atoms with van der Waals surface area (Å²) >= 11 is 5.88. The van der Waals surface area contributed by atoms with Crippen LogP contribution < -0.4 is 5.73 Å². The molecular weight excluding hydrogens is 289 g/mol. The first-order valence-corrected chi connectivity index (χ1v) is 7.10. The minimum atomic E-state index is -0.482. The largest absolute Gasteiger partial charge is 0.369 e. The molecule has 0 radical (unpaired) electrons. The smallest absolute Gasteiger partial charge is 0.201 e. The van der Waals surface area contributed by atoms with Gasteiger partial charge in [0.1, 0.15) is 5.82 Å². The predicted octanol–water partition coefficient (Wildman–Crippen LogP) is 4.21. The zero-order valence-electron chi connectivity index (χ0n) is 11.6. The summed E-state index contributed by atoms with van der Waals surface area (Å²) in [4.78, 5) is 4.22. The number of halogens is 2. The molecule has 0 fully saturated rings. The van der Waals surface area contributed by atoms with Crippen molar-refractivity contribution in [1.29, 1.82) is 0 Å². The molecule has 0 saturated heterocycles. The van der Waals surface area contributed by atoms with E-state index in [9.17, 15) is 4.39 Å². The van der Waals surface area contributed by atoms with Crippen molar-refractivity contribution in [1.82, 2.24) is 9.55 Å². The molecule has 5 heteroatoms. The van der Waals surface area contributed by atoms with Gasteiger partial charge < -0.3 is 10.3 Å². The molecule has 3 nitrogen and oxygen atoms in total. The van der Waals surface area contributed by atoms with E-state index in [0.29, 0.717) is 11.5 Å². The summed E-state index contributed by atoms with van der Waals surface area (Å²) in [5.41, 5.74) is 8.48. The molecule has 0 aliphatic rings. The third-order valence-corrected chi connectivity index (χ3v) is 3.86. The summed E-state index contributed by atoms with van der Waals surface area (Å²) in [7, 11) is 0. The van der Waals surface area contributed by atoms with E-state index in [2.05, 4.69) is 24.0 Å². The van der Waals surface area contributed by atoms with Gasteiger partial charge in [-0.15, -0.1) is 0 Å². The molecule has 1 unspecified atom stereocenters. The van der Waals surface area contributed by atoms with E-state index in [4.69, 9.17) is 17.3 Å². The second-order valence-corrected chi connectivity index (χ2v) is 5.54. The number of rotatable bonds is 3. The fourth-order valence-corrected chi connectivity index (χ4v) is 2.78. The normalized spacial score (nSPS) is 12.7. The Bertz CT molecular complexity index is 783. The third kappa shape index (κ3) is 2.59. The molecule has 0 saturated carbocycles. The van der Waals surface area contributed by atoms with E-state index in [1.165, 1.54) is 11.6 Å². The van der Waals surface area contributed by atoms with E-state index >= 15 is 0 Å². The van der Waals surface area contributed by atoms with Gasteiger partial charge in [0.15, 0.2) is 0 Å². The lowest BCUT2D eigenvalue weighted by atomic mass is 10.1. The number of fused-ring (bicyclic) bond motifs is 1. The maximum absolute atomic E-state index is 13.5. The summed E-state index contributed by atoms with van der Waals surface area (Å²) < 4.78 is 15.4. The van der Waals surface area contributed by atoms with Crippen LogP contribution in [0.2, 0.25) is 5.02 Å². The van der Waals surface area contributed by atoms with E-state index in [1.807, 2.05) is 22.8 Å². The Morgan fingerprint density at radius 1 is 1.29 bits per heavy atom. The van der Waals surface area contributed by atoms with Crippen molar-refractivity contribution >= 4 is 28.6 Å². The molecule has 2 aromatic carbocycles. The fourth-order valence-electron chi connectivity index (χ4n) is 2.62. The minimum absolute atomic E-state index is 0.0792. The number of anilines is 1. The highest BCUT2D eigenvalue weighted by atomic mass is 35.5.